The molecule has 0 aliphatic rings. The van der Waals surface area contributed by atoms with Crippen LogP contribution >= 0.6 is 0 Å². The fourth-order valence-electron chi connectivity index (χ4n) is 1.08. The number of hydrogen-bond acceptors (Lipinski definition) is 5. The summed E-state index contributed by atoms with van der Waals surface area (Å²) in [6.07, 6.45) is 0.986. The molecule has 16 heavy (non-hydrogen) atoms. The summed E-state index contributed by atoms with van der Waals surface area (Å²) in [5.41, 5.74) is 0. The normalized spacial score (nSPS) is 10.4. The number of ether oxygens (including phenoxy) is 2. The van der Waals surface area contributed by atoms with Crippen molar-refractivity contribution in [3.8, 4) is 11.5 Å². The van der Waals surface area contributed by atoms with Crippen molar-refractivity contribution in [2.75, 3.05) is 14.2 Å². The Hall–Kier alpha value is -1.85. The third kappa shape index (κ3) is 2.39. The largest absolute Gasteiger partial charge is 0.497 e. The monoisotopic (exact) mass is 243 g/mol. The van der Waals surface area contributed by atoms with Crippen LogP contribution < -0.4 is 9.47 Å². The zero-order valence-electron chi connectivity index (χ0n) is 8.63. The Morgan fingerprint density at radius 1 is 1.25 bits per heavy atom. The highest BCUT2D eigenvalue weighted by Crippen LogP contribution is 2.29. The molecule has 0 atom stereocenters. The summed E-state index contributed by atoms with van der Waals surface area (Å²) in [6, 6.07) is 4.16. The van der Waals surface area contributed by atoms with Crippen LogP contribution in [0.15, 0.2) is 27.5 Å². The number of benzene rings is 1. The van der Waals surface area contributed by atoms with Crippen molar-refractivity contribution in [3.05, 3.63) is 18.2 Å². The molecule has 0 spiro atoms. The average molecular weight is 243 g/mol. The van der Waals surface area contributed by atoms with Gasteiger partial charge in [-0.2, -0.15) is 8.42 Å². The van der Waals surface area contributed by atoms with Gasteiger partial charge in [0, 0.05) is 6.07 Å². The van der Waals surface area contributed by atoms with Gasteiger partial charge in [-0.1, -0.05) is 4.40 Å². The molecule has 0 saturated carbocycles. The van der Waals surface area contributed by atoms with Crippen LogP contribution in [0.3, 0.4) is 0 Å². The molecule has 0 saturated heterocycles. The molecule has 0 heterocycles. The van der Waals surface area contributed by atoms with Gasteiger partial charge in [0.05, 0.1) is 14.2 Å². The predicted molar refractivity (Wildman–Crippen MR) is 54.9 cm³/mol. The van der Waals surface area contributed by atoms with Crippen LogP contribution in [0, 0.1) is 0 Å². The smallest absolute Gasteiger partial charge is 0.296 e. The molecule has 6 nitrogen and oxygen atoms in total. The van der Waals surface area contributed by atoms with E-state index in [1.165, 1.54) is 32.4 Å². The van der Waals surface area contributed by atoms with Gasteiger partial charge in [0.15, 0.2) is 0 Å². The van der Waals surface area contributed by atoms with E-state index in [2.05, 4.69) is 4.40 Å². The van der Waals surface area contributed by atoms with Gasteiger partial charge >= 0.3 is 0 Å². The minimum atomic E-state index is -4.09. The van der Waals surface area contributed by atoms with Gasteiger partial charge in [-0.05, 0) is 12.1 Å². The number of isocyanates is 1. The molecular weight excluding hydrogens is 234 g/mol. The summed E-state index contributed by atoms with van der Waals surface area (Å²) < 4.78 is 35.5. The van der Waals surface area contributed by atoms with Crippen LogP contribution in [0.1, 0.15) is 0 Å². The van der Waals surface area contributed by atoms with Crippen molar-refractivity contribution in [2.45, 2.75) is 4.90 Å². The van der Waals surface area contributed by atoms with Crippen LogP contribution in [-0.2, 0) is 14.8 Å². The number of hydrogen-bond donors (Lipinski definition) is 0. The zero-order valence-corrected chi connectivity index (χ0v) is 9.45. The Bertz CT molecular complexity index is 531. The van der Waals surface area contributed by atoms with Crippen LogP contribution in [0.5, 0.6) is 11.5 Å². The van der Waals surface area contributed by atoms with Crippen molar-refractivity contribution in [2.24, 2.45) is 4.40 Å². The minimum Gasteiger partial charge on any atom is -0.497 e. The molecule has 0 radical (unpaired) electrons. The molecule has 0 bridgehead atoms. The summed E-state index contributed by atoms with van der Waals surface area (Å²) in [4.78, 5) is 9.77. The number of nitrogens with zero attached hydrogens (tertiary/aromatic N) is 1. The number of sulfonamides is 1. The van der Waals surface area contributed by atoms with E-state index in [1.54, 1.807) is 0 Å². The average Bonchev–Trinajstić information content (AvgIpc) is 2.28. The summed E-state index contributed by atoms with van der Waals surface area (Å²) in [5, 5.41) is 0. The molecule has 0 aliphatic heterocycles. The van der Waals surface area contributed by atoms with Crippen LogP contribution in [0.2, 0.25) is 0 Å². The molecule has 0 amide bonds. The number of methoxy groups -OCH3 is 2. The van der Waals surface area contributed by atoms with E-state index in [4.69, 9.17) is 9.47 Å². The lowest BCUT2D eigenvalue weighted by atomic mass is 10.3. The van der Waals surface area contributed by atoms with Crippen molar-refractivity contribution >= 4 is 16.1 Å². The fourth-order valence-corrected chi connectivity index (χ4v) is 1.95. The van der Waals surface area contributed by atoms with Crippen LogP contribution in [0.25, 0.3) is 0 Å². The molecule has 1 rings (SSSR count). The molecule has 86 valence electrons. The topological polar surface area (TPSA) is 82.0 Å². The third-order valence-electron chi connectivity index (χ3n) is 1.81. The van der Waals surface area contributed by atoms with Gasteiger partial charge in [0.25, 0.3) is 16.1 Å². The first kappa shape index (κ1) is 12.2. The maximum Gasteiger partial charge on any atom is 0.296 e. The van der Waals surface area contributed by atoms with Crippen LogP contribution in [-0.4, -0.2) is 28.7 Å². The van der Waals surface area contributed by atoms with Crippen molar-refractivity contribution in [1.29, 1.82) is 0 Å². The molecule has 0 N–H and O–H groups in total. The van der Waals surface area contributed by atoms with Gasteiger partial charge < -0.3 is 9.47 Å². The summed E-state index contributed by atoms with van der Waals surface area (Å²) in [5.74, 6) is 0.403. The molecular formula is C9H9NO5S. The summed E-state index contributed by atoms with van der Waals surface area (Å²) in [7, 11) is -1.39. The Kier molecular flexibility index (Phi) is 3.65. The first-order chi connectivity index (χ1) is 7.55. The summed E-state index contributed by atoms with van der Waals surface area (Å²) >= 11 is 0. The lowest BCUT2D eigenvalue weighted by Crippen LogP contribution is -2.00. The maximum atomic E-state index is 11.5. The fraction of sp³-hybridized carbons (Fsp3) is 0.222. The highest BCUT2D eigenvalue weighted by molar-refractivity contribution is 7.90. The standard InChI is InChI=1S/C9H9NO5S/c1-14-7-3-4-8(15-2)9(5-7)16(12,13)10-6-11/h3-5H,1-2H3. The Balaban J connectivity index is 3.46. The first-order valence-electron chi connectivity index (χ1n) is 4.11. The van der Waals surface area contributed by atoms with E-state index >= 15 is 0 Å². The Morgan fingerprint density at radius 2 is 1.94 bits per heavy atom. The van der Waals surface area contributed by atoms with Gasteiger partial charge in [-0.3, -0.25) is 0 Å². The van der Waals surface area contributed by atoms with Crippen molar-refractivity contribution in [3.63, 3.8) is 0 Å². The lowest BCUT2D eigenvalue weighted by molar-refractivity contribution is 0.392. The lowest BCUT2D eigenvalue weighted by Gasteiger charge is -2.07. The number of rotatable bonds is 4. The van der Waals surface area contributed by atoms with E-state index < -0.39 is 10.0 Å². The van der Waals surface area contributed by atoms with Gasteiger partial charge in [0.1, 0.15) is 16.4 Å². The Labute approximate surface area is 92.6 Å². The summed E-state index contributed by atoms with van der Waals surface area (Å²) in [6.45, 7) is 0. The van der Waals surface area contributed by atoms with Crippen LogP contribution in [0.4, 0.5) is 0 Å². The molecule has 1 aromatic rings. The molecule has 0 aromatic heterocycles. The predicted octanol–water partition coefficient (Wildman–Crippen LogP) is 0.728. The van der Waals surface area contributed by atoms with E-state index in [0.29, 0.717) is 5.75 Å². The highest BCUT2D eigenvalue weighted by Gasteiger charge is 2.19. The Morgan fingerprint density at radius 3 is 2.44 bits per heavy atom. The highest BCUT2D eigenvalue weighted by atomic mass is 32.2. The molecule has 0 unspecified atom stereocenters. The van der Waals surface area contributed by atoms with Gasteiger partial charge in [-0.25, -0.2) is 4.79 Å². The number of carbonyl (C=O) groups excluding carboxylic acids is 1. The van der Waals surface area contributed by atoms with E-state index in [0.717, 1.165) is 6.08 Å². The zero-order chi connectivity index (χ0) is 12.2. The van der Waals surface area contributed by atoms with Crippen molar-refractivity contribution in [1.82, 2.24) is 0 Å². The SMILES string of the molecule is COc1ccc(OC)c(S(=O)(=O)N=C=O)c1. The van der Waals surface area contributed by atoms with Gasteiger partial charge in [0.2, 0.25) is 0 Å². The molecule has 0 aliphatic carbocycles. The minimum absolute atomic E-state index is 0.0831. The van der Waals surface area contributed by atoms with E-state index in [-0.39, 0.29) is 10.6 Å². The molecule has 7 heteroatoms. The maximum absolute atomic E-state index is 11.5. The van der Waals surface area contributed by atoms with E-state index in [1.807, 2.05) is 0 Å². The van der Waals surface area contributed by atoms with Gasteiger partial charge in [-0.15, -0.1) is 0 Å². The second-order valence-electron chi connectivity index (χ2n) is 2.67. The van der Waals surface area contributed by atoms with E-state index in [9.17, 15) is 13.2 Å². The second kappa shape index (κ2) is 4.78. The molecule has 0 fully saturated rings. The quantitative estimate of drug-likeness (QED) is 0.575. The third-order valence-corrected chi connectivity index (χ3v) is 3.00. The van der Waals surface area contributed by atoms with Crippen molar-refractivity contribution < 1.29 is 22.7 Å². The first-order valence-corrected chi connectivity index (χ1v) is 5.55. The molecule has 1 aromatic carbocycles. The second-order valence-corrected chi connectivity index (χ2v) is 4.25.